The molecule has 1 saturated heterocycles. The number of hydrogen-bond donors (Lipinski definition) is 1. The van der Waals surface area contributed by atoms with Gasteiger partial charge in [0.15, 0.2) is 0 Å². The van der Waals surface area contributed by atoms with Gasteiger partial charge in [0.25, 0.3) is 0 Å². The maximum absolute atomic E-state index is 5.62. The van der Waals surface area contributed by atoms with Crippen molar-refractivity contribution in [3.8, 4) is 0 Å². The first-order chi connectivity index (χ1) is 5.36. The monoisotopic (exact) mass is 157 g/mol. The summed E-state index contributed by atoms with van der Waals surface area (Å²) in [6, 6.07) is 0.705. The molecule has 1 aliphatic heterocycles. The Morgan fingerprint density at radius 1 is 1.45 bits per heavy atom. The molecule has 1 fully saturated rings. The number of hydrogen-bond acceptors (Lipinski definition) is 2. The van der Waals surface area contributed by atoms with Crippen molar-refractivity contribution in [2.45, 2.75) is 45.3 Å². The Balaban J connectivity index is 2.09. The average molecular weight is 157 g/mol. The molecule has 0 aromatic carbocycles. The van der Waals surface area contributed by atoms with Gasteiger partial charge < -0.3 is 10.1 Å². The topological polar surface area (TPSA) is 21.3 Å². The zero-order chi connectivity index (χ0) is 8.10. The Morgan fingerprint density at radius 3 is 2.82 bits per heavy atom. The van der Waals surface area contributed by atoms with Gasteiger partial charge in [-0.05, 0) is 19.3 Å². The lowest BCUT2D eigenvalue weighted by Crippen LogP contribution is -2.20. The van der Waals surface area contributed by atoms with E-state index in [1.807, 2.05) is 0 Å². The van der Waals surface area contributed by atoms with Gasteiger partial charge in [0.1, 0.15) is 0 Å². The summed E-state index contributed by atoms with van der Waals surface area (Å²) >= 11 is 0. The lowest BCUT2D eigenvalue weighted by Gasteiger charge is -2.09. The summed E-state index contributed by atoms with van der Waals surface area (Å²) in [4.78, 5) is 0. The molecule has 2 heteroatoms. The third-order valence-corrected chi connectivity index (χ3v) is 2.23. The van der Waals surface area contributed by atoms with Crippen molar-refractivity contribution in [1.82, 2.24) is 5.32 Å². The maximum Gasteiger partial charge on any atom is 0.0714 e. The van der Waals surface area contributed by atoms with E-state index in [-0.39, 0.29) is 0 Å². The highest BCUT2D eigenvalue weighted by Crippen LogP contribution is 2.12. The van der Waals surface area contributed by atoms with Crippen molar-refractivity contribution in [3.63, 3.8) is 0 Å². The second-order valence-electron chi connectivity index (χ2n) is 3.24. The fourth-order valence-electron chi connectivity index (χ4n) is 1.50. The van der Waals surface area contributed by atoms with Crippen molar-refractivity contribution in [1.29, 1.82) is 0 Å². The average Bonchev–Trinajstić information content (AvgIpc) is 2.48. The van der Waals surface area contributed by atoms with Gasteiger partial charge in [-0.25, -0.2) is 0 Å². The second-order valence-corrected chi connectivity index (χ2v) is 3.24. The summed E-state index contributed by atoms with van der Waals surface area (Å²) in [5, 5.41) is 3.44. The number of ether oxygens (including phenoxy) is 1. The molecule has 0 aromatic rings. The van der Waals surface area contributed by atoms with Crippen molar-refractivity contribution in [3.05, 3.63) is 0 Å². The second kappa shape index (κ2) is 4.73. The minimum absolute atomic E-state index is 0.486. The Kier molecular flexibility index (Phi) is 3.87. The van der Waals surface area contributed by atoms with Crippen LogP contribution in [0.3, 0.4) is 0 Å². The lowest BCUT2D eigenvalue weighted by molar-refractivity contribution is 0.0658. The van der Waals surface area contributed by atoms with Crippen LogP contribution < -0.4 is 5.32 Å². The Morgan fingerprint density at radius 2 is 2.27 bits per heavy atom. The molecule has 66 valence electrons. The van der Waals surface area contributed by atoms with Gasteiger partial charge in [-0.1, -0.05) is 13.8 Å². The van der Waals surface area contributed by atoms with Gasteiger partial charge in [-0.2, -0.15) is 0 Å². The van der Waals surface area contributed by atoms with Gasteiger partial charge in [-0.3, -0.25) is 0 Å². The highest BCUT2D eigenvalue weighted by Gasteiger charge is 2.22. The predicted octanol–water partition coefficient (Wildman–Crippen LogP) is 1.55. The molecule has 0 amide bonds. The first kappa shape index (κ1) is 9.01. The highest BCUT2D eigenvalue weighted by atomic mass is 16.5. The van der Waals surface area contributed by atoms with Crippen LogP contribution in [-0.2, 0) is 4.74 Å². The van der Waals surface area contributed by atoms with Gasteiger partial charge in [0.05, 0.1) is 6.10 Å². The molecule has 11 heavy (non-hydrogen) atoms. The predicted molar refractivity (Wildman–Crippen MR) is 46.7 cm³/mol. The van der Waals surface area contributed by atoms with Gasteiger partial charge >= 0.3 is 0 Å². The molecule has 2 nitrogen and oxygen atoms in total. The van der Waals surface area contributed by atoms with E-state index in [2.05, 4.69) is 19.2 Å². The van der Waals surface area contributed by atoms with E-state index < -0.39 is 0 Å². The molecule has 1 heterocycles. The summed E-state index contributed by atoms with van der Waals surface area (Å²) in [6.45, 7) is 6.35. The van der Waals surface area contributed by atoms with Crippen molar-refractivity contribution in [2.24, 2.45) is 0 Å². The summed E-state index contributed by atoms with van der Waals surface area (Å²) in [6.07, 6.45) is 4.05. The third-order valence-electron chi connectivity index (χ3n) is 2.23. The quantitative estimate of drug-likeness (QED) is 0.668. The SMILES string of the molecule is CCCO[C@H]1CN[C@H](CC)C1. The summed E-state index contributed by atoms with van der Waals surface area (Å²) in [7, 11) is 0. The fourth-order valence-corrected chi connectivity index (χ4v) is 1.50. The zero-order valence-corrected chi connectivity index (χ0v) is 7.60. The smallest absolute Gasteiger partial charge is 0.0714 e. The molecule has 0 aromatic heterocycles. The minimum Gasteiger partial charge on any atom is -0.377 e. The molecule has 1 aliphatic rings. The van der Waals surface area contributed by atoms with Crippen LogP contribution in [0.5, 0.6) is 0 Å². The highest BCUT2D eigenvalue weighted by molar-refractivity contribution is 4.80. The summed E-state index contributed by atoms with van der Waals surface area (Å²) in [5.74, 6) is 0. The summed E-state index contributed by atoms with van der Waals surface area (Å²) in [5.41, 5.74) is 0. The van der Waals surface area contributed by atoms with E-state index in [0.717, 1.165) is 19.6 Å². The van der Waals surface area contributed by atoms with Gasteiger partial charge in [0, 0.05) is 19.2 Å². The van der Waals surface area contributed by atoms with Crippen LogP contribution in [0.15, 0.2) is 0 Å². The fraction of sp³-hybridized carbons (Fsp3) is 1.00. The van der Waals surface area contributed by atoms with E-state index in [9.17, 15) is 0 Å². The maximum atomic E-state index is 5.62. The van der Waals surface area contributed by atoms with Crippen LogP contribution in [0.1, 0.15) is 33.1 Å². The van der Waals surface area contributed by atoms with Crippen molar-refractivity contribution >= 4 is 0 Å². The van der Waals surface area contributed by atoms with Crippen LogP contribution in [0.4, 0.5) is 0 Å². The zero-order valence-electron chi connectivity index (χ0n) is 7.60. The van der Waals surface area contributed by atoms with Crippen LogP contribution in [0.25, 0.3) is 0 Å². The van der Waals surface area contributed by atoms with E-state index in [1.54, 1.807) is 0 Å². The Hall–Kier alpha value is -0.0800. The molecule has 0 unspecified atom stereocenters. The molecule has 0 radical (unpaired) electrons. The van der Waals surface area contributed by atoms with Gasteiger partial charge in [0.2, 0.25) is 0 Å². The van der Waals surface area contributed by atoms with Crippen LogP contribution in [-0.4, -0.2) is 25.3 Å². The first-order valence-corrected chi connectivity index (χ1v) is 4.71. The minimum atomic E-state index is 0.486. The molecular formula is C9H19NO. The van der Waals surface area contributed by atoms with E-state index >= 15 is 0 Å². The molecular weight excluding hydrogens is 138 g/mol. The van der Waals surface area contributed by atoms with Crippen LogP contribution in [0, 0.1) is 0 Å². The largest absolute Gasteiger partial charge is 0.377 e. The number of nitrogens with one attached hydrogen (secondary N) is 1. The number of rotatable bonds is 4. The standard InChI is InChI=1S/C9H19NO/c1-3-5-11-9-6-8(4-2)10-7-9/h8-10H,3-7H2,1-2H3/t8-,9-/m1/s1. The molecule has 0 saturated carbocycles. The first-order valence-electron chi connectivity index (χ1n) is 4.71. The molecule has 1 N–H and O–H groups in total. The van der Waals surface area contributed by atoms with Crippen LogP contribution in [0.2, 0.25) is 0 Å². The van der Waals surface area contributed by atoms with Crippen LogP contribution >= 0.6 is 0 Å². The van der Waals surface area contributed by atoms with Crippen molar-refractivity contribution < 1.29 is 4.74 Å². The Bertz CT molecular complexity index is 106. The Labute approximate surface area is 69.3 Å². The molecule has 0 bridgehead atoms. The molecule has 2 atom stereocenters. The summed E-state index contributed by atoms with van der Waals surface area (Å²) < 4.78 is 5.62. The van der Waals surface area contributed by atoms with E-state index in [4.69, 9.17) is 4.74 Å². The molecule has 0 spiro atoms. The molecule has 0 aliphatic carbocycles. The normalized spacial score (nSPS) is 31.1. The lowest BCUT2D eigenvalue weighted by atomic mass is 10.1. The van der Waals surface area contributed by atoms with Crippen molar-refractivity contribution in [2.75, 3.05) is 13.2 Å². The molecule has 1 rings (SSSR count). The van der Waals surface area contributed by atoms with E-state index in [0.29, 0.717) is 12.1 Å². The van der Waals surface area contributed by atoms with Gasteiger partial charge in [-0.15, -0.1) is 0 Å². The van der Waals surface area contributed by atoms with E-state index in [1.165, 1.54) is 12.8 Å². The third kappa shape index (κ3) is 2.80.